The number of aliphatic imine (C=N–C) groups is 1. The number of hydrogen-bond acceptors (Lipinski definition) is 3. The maximum Gasteiger partial charge on any atom is 0.142 e. The van der Waals surface area contributed by atoms with E-state index < -0.39 is 0 Å². The molecule has 1 atom stereocenters. The van der Waals surface area contributed by atoms with E-state index in [1.165, 1.54) is 30.6 Å². The van der Waals surface area contributed by atoms with Gasteiger partial charge in [-0.05, 0) is 30.2 Å². The molecule has 2 rings (SSSR count). The lowest BCUT2D eigenvalue weighted by Crippen LogP contribution is -2.37. The maximum absolute atomic E-state index is 4.38. The van der Waals surface area contributed by atoms with Gasteiger partial charge in [0.15, 0.2) is 0 Å². The van der Waals surface area contributed by atoms with Crippen LogP contribution in [-0.2, 0) is 0 Å². The van der Waals surface area contributed by atoms with Gasteiger partial charge in [-0.1, -0.05) is 24.5 Å². The fraction of sp³-hybridized carbons (Fsp3) is 0.462. The van der Waals surface area contributed by atoms with Crippen molar-refractivity contribution in [1.29, 1.82) is 0 Å². The van der Waals surface area contributed by atoms with E-state index in [0.29, 0.717) is 5.94 Å². The van der Waals surface area contributed by atoms with Crippen molar-refractivity contribution in [1.82, 2.24) is 5.32 Å². The highest BCUT2D eigenvalue weighted by molar-refractivity contribution is 7.12. The van der Waals surface area contributed by atoms with Gasteiger partial charge in [0.2, 0.25) is 0 Å². The van der Waals surface area contributed by atoms with Gasteiger partial charge in [0.25, 0.3) is 0 Å². The van der Waals surface area contributed by atoms with Crippen LogP contribution in [0.2, 0.25) is 6.32 Å². The van der Waals surface area contributed by atoms with Crippen LogP contribution in [0.15, 0.2) is 34.7 Å². The van der Waals surface area contributed by atoms with Crippen molar-refractivity contribution in [3.63, 3.8) is 0 Å². The number of nitrogens with zero attached hydrogens (tertiary/aromatic N) is 1. The topological polar surface area (TPSA) is 24.4 Å². The summed E-state index contributed by atoms with van der Waals surface area (Å²) in [5.41, 5.74) is 1.17. The molecule has 1 unspecified atom stereocenters. The summed E-state index contributed by atoms with van der Waals surface area (Å²) >= 11 is 1.76. The molecule has 1 aromatic rings. The first kappa shape index (κ1) is 12.6. The lowest BCUT2D eigenvalue weighted by atomic mass is 9.65. The molecule has 0 aromatic carbocycles. The van der Waals surface area contributed by atoms with E-state index in [1.54, 1.807) is 11.3 Å². The highest BCUT2D eigenvalue weighted by Gasteiger charge is 2.12. The highest BCUT2D eigenvalue weighted by atomic mass is 32.1. The van der Waals surface area contributed by atoms with Crippen molar-refractivity contribution >= 4 is 24.3 Å². The number of allylic oxidation sites excluding steroid dienone is 1. The van der Waals surface area contributed by atoms with Gasteiger partial charge in [-0.2, -0.15) is 0 Å². The summed E-state index contributed by atoms with van der Waals surface area (Å²) in [6, 6.07) is 4.22. The monoisotopic (exact) mass is 246 g/mol. The summed E-state index contributed by atoms with van der Waals surface area (Å²) in [5.74, 6) is 0.616. The minimum Gasteiger partial charge on any atom is -0.316 e. The number of rotatable bonds is 4. The Morgan fingerprint density at radius 3 is 3.29 bits per heavy atom. The smallest absolute Gasteiger partial charge is 0.142 e. The SMILES string of the molecule is C/N=C(\CNC1BCCC=CC1)c1cccs1. The van der Waals surface area contributed by atoms with Crippen molar-refractivity contribution in [3.05, 3.63) is 34.5 Å². The highest BCUT2D eigenvalue weighted by Crippen LogP contribution is 2.10. The summed E-state index contributed by atoms with van der Waals surface area (Å²) in [6.45, 7) is 0.884. The third kappa shape index (κ3) is 3.82. The van der Waals surface area contributed by atoms with Gasteiger partial charge in [-0.25, -0.2) is 0 Å². The summed E-state index contributed by atoms with van der Waals surface area (Å²) < 4.78 is 0. The van der Waals surface area contributed by atoms with Crippen molar-refractivity contribution in [2.24, 2.45) is 4.99 Å². The molecule has 1 N–H and O–H groups in total. The standard InChI is InChI=1S/C13H19BN2S/c1-15-11(12-6-5-9-17-12)10-16-13-7-3-2-4-8-14-13/h2-3,5-6,9,13-14,16H,4,7-8,10H2,1H3/b15-11+. The molecule has 0 aliphatic carbocycles. The Morgan fingerprint density at radius 1 is 1.59 bits per heavy atom. The van der Waals surface area contributed by atoms with Gasteiger partial charge >= 0.3 is 0 Å². The maximum atomic E-state index is 4.38. The second kappa shape index (κ2) is 6.77. The molecule has 2 nitrogen and oxygen atoms in total. The Labute approximate surface area is 108 Å². The van der Waals surface area contributed by atoms with Crippen LogP contribution in [0.4, 0.5) is 0 Å². The number of thiophene rings is 1. The van der Waals surface area contributed by atoms with Crippen molar-refractivity contribution < 1.29 is 0 Å². The molecule has 0 radical (unpaired) electrons. The molecule has 1 aliphatic rings. The molecule has 0 spiro atoms. The van der Waals surface area contributed by atoms with Crippen molar-refractivity contribution in [3.8, 4) is 0 Å². The average molecular weight is 246 g/mol. The lowest BCUT2D eigenvalue weighted by Gasteiger charge is -2.15. The molecule has 17 heavy (non-hydrogen) atoms. The third-order valence-corrected chi connectivity index (χ3v) is 4.06. The summed E-state index contributed by atoms with van der Waals surface area (Å²) in [4.78, 5) is 5.67. The van der Waals surface area contributed by atoms with Crippen molar-refractivity contribution in [2.45, 2.75) is 25.1 Å². The predicted molar refractivity (Wildman–Crippen MR) is 78.9 cm³/mol. The van der Waals surface area contributed by atoms with E-state index in [9.17, 15) is 0 Å². The summed E-state index contributed by atoms with van der Waals surface area (Å²) in [5, 5.41) is 5.73. The molecule has 2 heterocycles. The molecule has 4 heteroatoms. The lowest BCUT2D eigenvalue weighted by molar-refractivity contribution is 0.702. The second-order valence-electron chi connectivity index (χ2n) is 4.36. The number of nitrogens with one attached hydrogen (secondary N) is 1. The average Bonchev–Trinajstić information content (AvgIpc) is 2.74. The zero-order valence-electron chi connectivity index (χ0n) is 10.4. The van der Waals surface area contributed by atoms with Gasteiger partial charge in [0.1, 0.15) is 7.28 Å². The Hall–Kier alpha value is -0.865. The molecule has 1 aliphatic heterocycles. The molecule has 0 bridgehead atoms. The Kier molecular flexibility index (Phi) is 5.01. The largest absolute Gasteiger partial charge is 0.316 e. The van der Waals surface area contributed by atoms with E-state index in [4.69, 9.17) is 0 Å². The van der Waals surface area contributed by atoms with E-state index >= 15 is 0 Å². The molecule has 1 aromatic heterocycles. The fourth-order valence-electron chi connectivity index (χ4n) is 2.12. The Morgan fingerprint density at radius 2 is 2.53 bits per heavy atom. The molecule has 0 amide bonds. The van der Waals surface area contributed by atoms with Crippen LogP contribution < -0.4 is 5.32 Å². The zero-order chi connectivity index (χ0) is 11.9. The van der Waals surface area contributed by atoms with E-state index in [2.05, 4.69) is 40.0 Å². The van der Waals surface area contributed by atoms with Gasteiger partial charge in [0.05, 0.1) is 5.71 Å². The predicted octanol–water partition coefficient (Wildman–Crippen LogP) is 2.29. The normalized spacial score (nSPS) is 21.0. The minimum absolute atomic E-state index is 0.616. The van der Waals surface area contributed by atoms with Crippen LogP contribution in [0, 0.1) is 0 Å². The number of hydrogen-bond donors (Lipinski definition) is 1. The Balaban J connectivity index is 1.86. The second-order valence-corrected chi connectivity index (χ2v) is 5.31. The molecule has 0 saturated carbocycles. The first-order valence-electron chi connectivity index (χ1n) is 6.28. The van der Waals surface area contributed by atoms with Crippen LogP contribution >= 0.6 is 11.3 Å². The molecule has 0 saturated heterocycles. The third-order valence-electron chi connectivity index (χ3n) is 3.14. The van der Waals surface area contributed by atoms with Gasteiger partial charge in [-0.3, -0.25) is 4.99 Å². The zero-order valence-corrected chi connectivity index (χ0v) is 11.2. The Bertz CT molecular complexity index is 384. The van der Waals surface area contributed by atoms with Crippen LogP contribution in [0.1, 0.15) is 17.7 Å². The quantitative estimate of drug-likeness (QED) is 0.492. The van der Waals surface area contributed by atoms with Gasteiger partial charge in [0, 0.05) is 18.5 Å². The van der Waals surface area contributed by atoms with Gasteiger partial charge < -0.3 is 5.32 Å². The molecular weight excluding hydrogens is 227 g/mol. The summed E-state index contributed by atoms with van der Waals surface area (Å²) in [6.07, 6.45) is 8.29. The fourth-order valence-corrected chi connectivity index (χ4v) is 2.88. The summed E-state index contributed by atoms with van der Waals surface area (Å²) in [7, 11) is 3.15. The minimum atomic E-state index is 0.616. The van der Waals surface area contributed by atoms with E-state index in [0.717, 1.165) is 13.0 Å². The van der Waals surface area contributed by atoms with Crippen LogP contribution in [0.5, 0.6) is 0 Å². The molecule has 0 fully saturated rings. The first-order valence-corrected chi connectivity index (χ1v) is 7.16. The van der Waals surface area contributed by atoms with E-state index in [-0.39, 0.29) is 0 Å². The van der Waals surface area contributed by atoms with Crippen LogP contribution in [0.25, 0.3) is 0 Å². The van der Waals surface area contributed by atoms with Crippen LogP contribution in [0.3, 0.4) is 0 Å². The van der Waals surface area contributed by atoms with Crippen molar-refractivity contribution in [2.75, 3.05) is 13.6 Å². The van der Waals surface area contributed by atoms with Gasteiger partial charge in [-0.15, -0.1) is 11.3 Å². The molecule has 90 valence electrons. The molecular formula is C13H19BN2S. The van der Waals surface area contributed by atoms with Crippen LogP contribution in [-0.4, -0.2) is 32.5 Å². The van der Waals surface area contributed by atoms with E-state index in [1.807, 2.05) is 7.05 Å². The first-order chi connectivity index (χ1) is 8.40.